The van der Waals surface area contributed by atoms with Crippen molar-refractivity contribution in [2.24, 2.45) is 5.73 Å². The molecule has 0 aliphatic carbocycles. The summed E-state index contributed by atoms with van der Waals surface area (Å²) in [6.07, 6.45) is 6.13. The molecule has 2 heterocycles. The molecule has 0 amide bonds. The molecule has 0 radical (unpaired) electrons. The van der Waals surface area contributed by atoms with E-state index in [2.05, 4.69) is 40.3 Å². The molecule has 0 spiro atoms. The van der Waals surface area contributed by atoms with E-state index in [1.807, 2.05) is 0 Å². The van der Waals surface area contributed by atoms with Crippen molar-refractivity contribution in [3.63, 3.8) is 0 Å². The van der Waals surface area contributed by atoms with Gasteiger partial charge in [0.1, 0.15) is 0 Å². The SMILES string of the molecule is CSc1ccc(C(CN)N2CCCN3CCCC3C2)cc1. The Balaban J connectivity index is 1.74. The average molecular weight is 305 g/mol. The first kappa shape index (κ1) is 15.3. The molecule has 2 saturated heterocycles. The van der Waals surface area contributed by atoms with Crippen LogP contribution in [0.2, 0.25) is 0 Å². The molecule has 2 aliphatic heterocycles. The summed E-state index contributed by atoms with van der Waals surface area (Å²) in [5.74, 6) is 0. The van der Waals surface area contributed by atoms with Gasteiger partial charge in [-0.3, -0.25) is 9.80 Å². The molecule has 4 heteroatoms. The van der Waals surface area contributed by atoms with Gasteiger partial charge in [0.25, 0.3) is 0 Å². The van der Waals surface area contributed by atoms with E-state index in [0.717, 1.165) is 6.04 Å². The highest BCUT2D eigenvalue weighted by molar-refractivity contribution is 7.98. The number of rotatable bonds is 4. The van der Waals surface area contributed by atoms with Gasteiger partial charge >= 0.3 is 0 Å². The van der Waals surface area contributed by atoms with Crippen molar-refractivity contribution >= 4 is 11.8 Å². The smallest absolute Gasteiger partial charge is 0.0471 e. The number of fused-ring (bicyclic) bond motifs is 1. The van der Waals surface area contributed by atoms with Gasteiger partial charge in [-0.25, -0.2) is 0 Å². The Morgan fingerprint density at radius 2 is 1.95 bits per heavy atom. The average Bonchev–Trinajstić information content (AvgIpc) is 2.87. The Hall–Kier alpha value is -0.550. The third-order valence-corrected chi connectivity index (χ3v) is 5.74. The highest BCUT2D eigenvalue weighted by Crippen LogP contribution is 2.28. The standard InChI is InChI=1S/C17H27N3S/c1-21-16-7-5-14(6-8-16)17(12-18)20-11-3-10-19-9-2-4-15(19)13-20/h5-8,15,17H,2-4,9-13,18H2,1H3. The Morgan fingerprint density at radius 1 is 1.19 bits per heavy atom. The lowest BCUT2D eigenvalue weighted by molar-refractivity contribution is 0.176. The molecule has 1 aromatic rings. The number of nitrogens with two attached hydrogens (primary N) is 1. The number of hydrogen-bond acceptors (Lipinski definition) is 4. The molecular weight excluding hydrogens is 278 g/mol. The van der Waals surface area contributed by atoms with Crippen LogP contribution in [0.1, 0.15) is 30.9 Å². The highest BCUT2D eigenvalue weighted by Gasteiger charge is 2.31. The number of benzene rings is 1. The molecule has 3 nitrogen and oxygen atoms in total. The molecule has 2 unspecified atom stereocenters. The second kappa shape index (κ2) is 7.14. The molecular formula is C17H27N3S. The molecule has 2 aliphatic rings. The third kappa shape index (κ3) is 3.45. The van der Waals surface area contributed by atoms with E-state index < -0.39 is 0 Å². The summed E-state index contributed by atoms with van der Waals surface area (Å²) in [7, 11) is 0. The van der Waals surface area contributed by atoms with Crippen LogP contribution in [0, 0.1) is 0 Å². The molecule has 21 heavy (non-hydrogen) atoms. The van der Waals surface area contributed by atoms with Gasteiger partial charge in [0.05, 0.1) is 0 Å². The fourth-order valence-electron chi connectivity index (χ4n) is 3.84. The van der Waals surface area contributed by atoms with Gasteiger partial charge in [-0.15, -0.1) is 11.8 Å². The van der Waals surface area contributed by atoms with Crippen molar-refractivity contribution < 1.29 is 0 Å². The first-order valence-electron chi connectivity index (χ1n) is 8.14. The molecule has 0 bridgehead atoms. The number of thioether (sulfide) groups is 1. The summed E-state index contributed by atoms with van der Waals surface area (Å²) in [6, 6.07) is 10.1. The number of nitrogens with zero attached hydrogens (tertiary/aromatic N) is 2. The second-order valence-corrected chi connectivity index (χ2v) is 7.08. The van der Waals surface area contributed by atoms with Crippen LogP contribution in [-0.4, -0.2) is 54.8 Å². The molecule has 0 saturated carbocycles. The van der Waals surface area contributed by atoms with E-state index >= 15 is 0 Å². The highest BCUT2D eigenvalue weighted by atomic mass is 32.2. The van der Waals surface area contributed by atoms with Gasteiger partial charge < -0.3 is 5.73 Å². The Labute approximate surface area is 132 Å². The zero-order valence-electron chi connectivity index (χ0n) is 13.0. The van der Waals surface area contributed by atoms with E-state index in [9.17, 15) is 0 Å². The Kier molecular flexibility index (Phi) is 5.22. The maximum absolute atomic E-state index is 6.13. The predicted molar refractivity (Wildman–Crippen MR) is 90.8 cm³/mol. The van der Waals surface area contributed by atoms with Crippen LogP contribution in [0.3, 0.4) is 0 Å². The van der Waals surface area contributed by atoms with E-state index in [1.165, 1.54) is 55.9 Å². The summed E-state index contributed by atoms with van der Waals surface area (Å²) in [4.78, 5) is 6.64. The minimum atomic E-state index is 0.376. The summed E-state index contributed by atoms with van der Waals surface area (Å²) in [5.41, 5.74) is 7.51. The fraction of sp³-hybridized carbons (Fsp3) is 0.647. The van der Waals surface area contributed by atoms with Gasteiger partial charge in [-0.2, -0.15) is 0 Å². The van der Waals surface area contributed by atoms with Gasteiger partial charge in [-0.1, -0.05) is 12.1 Å². The second-order valence-electron chi connectivity index (χ2n) is 6.21. The van der Waals surface area contributed by atoms with Crippen molar-refractivity contribution in [1.82, 2.24) is 9.80 Å². The van der Waals surface area contributed by atoms with Crippen LogP contribution >= 0.6 is 11.8 Å². The van der Waals surface area contributed by atoms with Crippen molar-refractivity contribution in [2.45, 2.75) is 36.2 Å². The quantitative estimate of drug-likeness (QED) is 0.867. The zero-order chi connectivity index (χ0) is 14.7. The molecule has 2 N–H and O–H groups in total. The minimum Gasteiger partial charge on any atom is -0.329 e. The van der Waals surface area contributed by atoms with Gasteiger partial charge in [0.2, 0.25) is 0 Å². The van der Waals surface area contributed by atoms with Crippen molar-refractivity contribution in [3.05, 3.63) is 29.8 Å². The lowest BCUT2D eigenvalue weighted by Gasteiger charge is -2.32. The van der Waals surface area contributed by atoms with Crippen LogP contribution < -0.4 is 5.73 Å². The van der Waals surface area contributed by atoms with E-state index in [-0.39, 0.29) is 0 Å². The predicted octanol–water partition coefficient (Wildman–Crippen LogP) is 2.58. The molecule has 2 fully saturated rings. The van der Waals surface area contributed by atoms with Gasteiger partial charge in [0.15, 0.2) is 0 Å². The topological polar surface area (TPSA) is 32.5 Å². The first-order chi connectivity index (χ1) is 10.3. The summed E-state index contributed by atoms with van der Waals surface area (Å²) >= 11 is 1.80. The van der Waals surface area contributed by atoms with E-state index in [1.54, 1.807) is 11.8 Å². The Bertz CT molecular complexity index is 448. The van der Waals surface area contributed by atoms with E-state index in [4.69, 9.17) is 5.73 Å². The molecule has 1 aromatic carbocycles. The van der Waals surface area contributed by atoms with Crippen molar-refractivity contribution in [2.75, 3.05) is 39.0 Å². The zero-order valence-corrected chi connectivity index (χ0v) is 13.8. The van der Waals surface area contributed by atoms with Crippen LogP contribution in [-0.2, 0) is 0 Å². The summed E-state index contributed by atoms with van der Waals surface area (Å²) < 4.78 is 0. The lowest BCUT2D eigenvalue weighted by atomic mass is 10.0. The molecule has 3 rings (SSSR count). The van der Waals surface area contributed by atoms with Crippen LogP contribution in [0.15, 0.2) is 29.2 Å². The maximum Gasteiger partial charge on any atom is 0.0471 e. The van der Waals surface area contributed by atoms with Crippen molar-refractivity contribution in [1.29, 1.82) is 0 Å². The summed E-state index contributed by atoms with van der Waals surface area (Å²) in [6.45, 7) is 5.65. The maximum atomic E-state index is 6.13. The normalized spacial score (nSPS) is 25.5. The van der Waals surface area contributed by atoms with E-state index in [0.29, 0.717) is 12.6 Å². The van der Waals surface area contributed by atoms with Crippen molar-refractivity contribution in [3.8, 4) is 0 Å². The lowest BCUT2D eigenvalue weighted by Crippen LogP contribution is -2.40. The van der Waals surface area contributed by atoms with Crippen LogP contribution in [0.25, 0.3) is 0 Å². The number of hydrogen-bond donors (Lipinski definition) is 1. The summed E-state index contributed by atoms with van der Waals surface area (Å²) in [5, 5.41) is 0. The van der Waals surface area contributed by atoms with Gasteiger partial charge in [0, 0.05) is 36.6 Å². The van der Waals surface area contributed by atoms with Crippen LogP contribution in [0.5, 0.6) is 0 Å². The first-order valence-corrected chi connectivity index (χ1v) is 9.36. The molecule has 2 atom stereocenters. The van der Waals surface area contributed by atoms with Gasteiger partial charge in [-0.05, 0) is 56.3 Å². The molecule has 0 aromatic heterocycles. The minimum absolute atomic E-state index is 0.376. The fourth-order valence-corrected chi connectivity index (χ4v) is 4.25. The largest absolute Gasteiger partial charge is 0.329 e. The third-order valence-electron chi connectivity index (χ3n) is 5.00. The molecule has 116 valence electrons. The monoisotopic (exact) mass is 305 g/mol. The van der Waals surface area contributed by atoms with Crippen LogP contribution in [0.4, 0.5) is 0 Å². The Morgan fingerprint density at radius 3 is 2.67 bits per heavy atom.